The van der Waals surface area contributed by atoms with Gasteiger partial charge in [-0.05, 0) is 34.7 Å². The van der Waals surface area contributed by atoms with Crippen molar-refractivity contribution in [2.45, 2.75) is 53.2 Å². The van der Waals surface area contributed by atoms with Crippen molar-refractivity contribution < 1.29 is 19.1 Å². The van der Waals surface area contributed by atoms with E-state index in [0.29, 0.717) is 0 Å². The molecule has 0 radical (unpaired) electrons. The van der Waals surface area contributed by atoms with Crippen molar-refractivity contribution in [3.63, 3.8) is 0 Å². The molecular weight excluding hydrogens is 316 g/mol. The van der Waals surface area contributed by atoms with Crippen LogP contribution in [0, 0.1) is 5.41 Å². The third-order valence-corrected chi connectivity index (χ3v) is 4.27. The molecule has 0 fully saturated rings. The minimum Gasteiger partial charge on any atom is -0.462 e. The maximum absolute atomic E-state index is 11.8. The lowest BCUT2D eigenvalue weighted by Gasteiger charge is -2.26. The van der Waals surface area contributed by atoms with Gasteiger partial charge in [0.25, 0.3) is 0 Å². The lowest BCUT2D eigenvalue weighted by atomic mass is 9.90. The predicted octanol–water partition coefficient (Wildman–Crippen LogP) is 4.64. The van der Waals surface area contributed by atoms with Gasteiger partial charge in [0.05, 0.1) is 12.8 Å². The molecule has 1 unspecified atom stereocenters. The minimum atomic E-state index is -0.395. The van der Waals surface area contributed by atoms with Crippen LogP contribution in [0.2, 0.25) is 0 Å². The Bertz CT molecular complexity index is 743. The number of ether oxygens (including phenoxy) is 2. The van der Waals surface area contributed by atoms with E-state index in [4.69, 9.17) is 9.47 Å². The molecule has 0 saturated carbocycles. The number of rotatable bonds is 6. The summed E-state index contributed by atoms with van der Waals surface area (Å²) in [6, 6.07) is 14.0. The summed E-state index contributed by atoms with van der Waals surface area (Å²) in [4.78, 5) is 23.6. The fourth-order valence-corrected chi connectivity index (χ4v) is 2.20. The Labute approximate surface area is 149 Å². The van der Waals surface area contributed by atoms with Gasteiger partial charge in [-0.3, -0.25) is 9.59 Å². The Hall–Kier alpha value is -2.36. The predicted molar refractivity (Wildman–Crippen MR) is 98.0 cm³/mol. The van der Waals surface area contributed by atoms with Gasteiger partial charge in [0.1, 0.15) is 12.7 Å². The first-order valence-electron chi connectivity index (χ1n) is 8.58. The summed E-state index contributed by atoms with van der Waals surface area (Å²) in [5, 5.41) is 2.25. The molecule has 0 amide bonds. The number of carbonyl (C=O) groups is 2. The molecule has 4 heteroatoms. The summed E-state index contributed by atoms with van der Waals surface area (Å²) >= 11 is 0. The molecule has 0 aromatic heterocycles. The molecule has 0 aliphatic carbocycles. The van der Waals surface area contributed by atoms with Crippen LogP contribution in [-0.4, -0.2) is 18.0 Å². The maximum Gasteiger partial charge on any atom is 0.306 e. The molecule has 2 aromatic carbocycles. The highest BCUT2D eigenvalue weighted by molar-refractivity contribution is 5.83. The van der Waals surface area contributed by atoms with Crippen LogP contribution < -0.4 is 0 Å². The van der Waals surface area contributed by atoms with Crippen LogP contribution in [-0.2, 0) is 25.7 Å². The van der Waals surface area contributed by atoms with E-state index in [1.807, 2.05) is 70.2 Å². The van der Waals surface area contributed by atoms with Crippen LogP contribution in [0.25, 0.3) is 10.8 Å². The molecule has 0 saturated heterocycles. The van der Waals surface area contributed by atoms with Crippen molar-refractivity contribution in [3.8, 4) is 0 Å². The lowest BCUT2D eigenvalue weighted by molar-refractivity contribution is -0.157. The summed E-state index contributed by atoms with van der Waals surface area (Å²) in [5.41, 5.74) is 0.808. The molecule has 2 rings (SSSR count). The number of hydrogen-bond acceptors (Lipinski definition) is 4. The Kier molecular flexibility index (Phi) is 6.18. The smallest absolute Gasteiger partial charge is 0.306 e. The number of hydrogen-bond donors (Lipinski definition) is 0. The van der Waals surface area contributed by atoms with Gasteiger partial charge in [-0.25, -0.2) is 0 Å². The lowest BCUT2D eigenvalue weighted by Crippen LogP contribution is -2.28. The normalized spacial score (nSPS) is 12.6. The number of carbonyl (C=O) groups excluding carboxylic acids is 2. The van der Waals surface area contributed by atoms with Crippen molar-refractivity contribution in [1.29, 1.82) is 0 Å². The Balaban J connectivity index is 1.77. The highest BCUT2D eigenvalue weighted by atomic mass is 16.5. The summed E-state index contributed by atoms with van der Waals surface area (Å²) in [5.74, 6) is -0.765. The molecule has 0 aliphatic rings. The Morgan fingerprint density at radius 3 is 2.28 bits per heavy atom. The fourth-order valence-electron chi connectivity index (χ4n) is 2.20. The average Bonchev–Trinajstić information content (AvgIpc) is 2.57. The highest BCUT2D eigenvalue weighted by Gasteiger charge is 2.23. The van der Waals surface area contributed by atoms with Gasteiger partial charge in [0, 0.05) is 0 Å². The zero-order valence-corrected chi connectivity index (χ0v) is 15.4. The van der Waals surface area contributed by atoms with E-state index in [2.05, 4.69) is 0 Å². The second-order valence-electron chi connectivity index (χ2n) is 7.34. The molecular formula is C21H26O4. The molecule has 4 nitrogen and oxygen atoms in total. The summed E-state index contributed by atoms with van der Waals surface area (Å²) in [7, 11) is 0. The molecule has 0 N–H and O–H groups in total. The van der Waals surface area contributed by atoms with Crippen LogP contribution in [0.3, 0.4) is 0 Å². The zero-order chi connectivity index (χ0) is 18.4. The molecule has 134 valence electrons. The number of fused-ring (bicyclic) bond motifs is 1. The molecule has 25 heavy (non-hydrogen) atoms. The van der Waals surface area contributed by atoms with E-state index in [1.54, 1.807) is 0 Å². The van der Waals surface area contributed by atoms with Crippen LogP contribution in [0.15, 0.2) is 42.5 Å². The van der Waals surface area contributed by atoms with Gasteiger partial charge in [-0.2, -0.15) is 0 Å². The van der Waals surface area contributed by atoms with E-state index >= 15 is 0 Å². The van der Waals surface area contributed by atoms with Crippen molar-refractivity contribution in [3.05, 3.63) is 48.0 Å². The quantitative estimate of drug-likeness (QED) is 0.718. The van der Waals surface area contributed by atoms with E-state index in [-0.39, 0.29) is 36.9 Å². The first-order chi connectivity index (χ1) is 11.8. The van der Waals surface area contributed by atoms with Crippen molar-refractivity contribution in [2.75, 3.05) is 0 Å². The van der Waals surface area contributed by atoms with Gasteiger partial charge in [0.2, 0.25) is 0 Å². The van der Waals surface area contributed by atoms with Crippen LogP contribution in [0.4, 0.5) is 0 Å². The Morgan fingerprint density at radius 1 is 0.960 bits per heavy atom. The van der Waals surface area contributed by atoms with Gasteiger partial charge < -0.3 is 9.47 Å². The monoisotopic (exact) mass is 342 g/mol. The topological polar surface area (TPSA) is 52.6 Å². The van der Waals surface area contributed by atoms with E-state index < -0.39 is 5.97 Å². The summed E-state index contributed by atoms with van der Waals surface area (Å²) < 4.78 is 10.6. The zero-order valence-electron chi connectivity index (χ0n) is 15.4. The van der Waals surface area contributed by atoms with Crippen molar-refractivity contribution in [2.24, 2.45) is 5.41 Å². The fraction of sp³-hybridized carbons (Fsp3) is 0.429. The maximum atomic E-state index is 11.8. The van der Waals surface area contributed by atoms with E-state index in [9.17, 15) is 9.59 Å². The number of benzene rings is 2. The first-order valence-corrected chi connectivity index (χ1v) is 8.58. The molecule has 0 bridgehead atoms. The SMILES string of the molecule is CC(OC(=O)CCC(=O)OCc1ccc2ccccc2c1)C(C)(C)C. The van der Waals surface area contributed by atoms with Crippen LogP contribution >= 0.6 is 0 Å². The Morgan fingerprint density at radius 2 is 1.60 bits per heavy atom. The van der Waals surface area contributed by atoms with Crippen LogP contribution in [0.1, 0.15) is 46.1 Å². The third-order valence-electron chi connectivity index (χ3n) is 4.27. The van der Waals surface area contributed by atoms with E-state index in [0.717, 1.165) is 16.3 Å². The third kappa shape index (κ3) is 5.89. The minimum absolute atomic E-state index is 0.0310. The van der Waals surface area contributed by atoms with Crippen molar-refractivity contribution in [1.82, 2.24) is 0 Å². The highest BCUT2D eigenvalue weighted by Crippen LogP contribution is 2.22. The van der Waals surface area contributed by atoms with Crippen LogP contribution in [0.5, 0.6) is 0 Å². The second kappa shape index (κ2) is 8.15. The molecule has 0 spiro atoms. The van der Waals surface area contributed by atoms with E-state index in [1.165, 1.54) is 0 Å². The number of esters is 2. The van der Waals surface area contributed by atoms with Gasteiger partial charge in [-0.1, -0.05) is 57.2 Å². The summed E-state index contributed by atoms with van der Waals surface area (Å²) in [6.07, 6.45) is -0.131. The molecule has 0 aliphatic heterocycles. The second-order valence-corrected chi connectivity index (χ2v) is 7.34. The molecule has 0 heterocycles. The molecule has 2 aromatic rings. The van der Waals surface area contributed by atoms with Gasteiger partial charge in [-0.15, -0.1) is 0 Å². The van der Waals surface area contributed by atoms with Gasteiger partial charge >= 0.3 is 11.9 Å². The van der Waals surface area contributed by atoms with Crippen molar-refractivity contribution >= 4 is 22.7 Å². The largest absolute Gasteiger partial charge is 0.462 e. The first kappa shape index (κ1) is 19.0. The standard InChI is InChI=1S/C21H26O4/c1-15(21(2,3)4)25-20(23)12-11-19(22)24-14-16-9-10-17-7-5-6-8-18(17)13-16/h5-10,13,15H,11-12,14H2,1-4H3. The summed E-state index contributed by atoms with van der Waals surface area (Å²) in [6.45, 7) is 8.07. The van der Waals surface area contributed by atoms with Gasteiger partial charge in [0.15, 0.2) is 0 Å². The molecule has 1 atom stereocenters. The average molecular weight is 342 g/mol.